The number of benzene rings is 1. The number of anilines is 1. The Hall–Kier alpha value is -4.01. The minimum absolute atomic E-state index is 0.0434. The van der Waals surface area contributed by atoms with Crippen molar-refractivity contribution in [2.24, 2.45) is 5.16 Å². The van der Waals surface area contributed by atoms with Gasteiger partial charge in [-0.3, -0.25) is 14.5 Å². The minimum Gasteiger partial charge on any atom is -0.502 e. The lowest BCUT2D eigenvalue weighted by molar-refractivity contribution is -0.150. The molecule has 14 nitrogen and oxygen atoms in total. The van der Waals surface area contributed by atoms with Crippen molar-refractivity contribution in [1.82, 2.24) is 24.8 Å². The summed E-state index contributed by atoms with van der Waals surface area (Å²) >= 11 is 4.74. The number of oxime groups is 1. The van der Waals surface area contributed by atoms with Gasteiger partial charge in [-0.1, -0.05) is 9.64 Å². The molecule has 1 unspecified atom stereocenters. The zero-order chi connectivity index (χ0) is 30.1. The van der Waals surface area contributed by atoms with Gasteiger partial charge in [-0.25, -0.2) is 18.6 Å². The molecule has 2 atom stereocenters. The number of aromatic nitrogens is 3. The maximum Gasteiger partial charge on any atom is 0.352 e. The van der Waals surface area contributed by atoms with Crippen molar-refractivity contribution in [1.29, 1.82) is 0 Å². The summed E-state index contributed by atoms with van der Waals surface area (Å²) in [6, 6.07) is -0.532. The molecule has 6 N–H and O–H groups in total. The number of rotatable bonds is 10. The molecule has 1 aromatic carbocycles. The summed E-state index contributed by atoms with van der Waals surface area (Å²) in [5, 5.41) is 39.4. The molecule has 220 valence electrons. The number of halogens is 2. The fraction of sp³-hybridized carbons (Fsp3) is 0.227. The standard InChI is InChI=1S/C22H17F2N7O7S4/c23-9-1-7(12(24)17(33)16(9)32)3-38-29-13(10-6-41-22(25)27-10)18(34)28-14-19(35)31-15(21(36)37)8(5-40-20(14)31)4-39-11-2-26-30-42-11/h1-2,6,14,20,32-33H,3-5H2,(H2,25,27)(H,28,34)(H,36,37)/b29-13-/t14?,20-/m0/s1. The highest BCUT2D eigenvalue weighted by Gasteiger charge is 2.54. The summed E-state index contributed by atoms with van der Waals surface area (Å²) in [6.45, 7) is -0.757. The highest BCUT2D eigenvalue weighted by molar-refractivity contribution is 8.01. The van der Waals surface area contributed by atoms with Gasteiger partial charge >= 0.3 is 5.97 Å². The number of fused-ring (bicyclic) bond motifs is 1. The summed E-state index contributed by atoms with van der Waals surface area (Å²) in [5.41, 5.74) is 5.02. The Morgan fingerprint density at radius 2 is 2.10 bits per heavy atom. The van der Waals surface area contributed by atoms with Crippen molar-refractivity contribution < 1.29 is 43.3 Å². The van der Waals surface area contributed by atoms with Crippen LogP contribution in [0, 0.1) is 11.6 Å². The molecule has 1 fully saturated rings. The number of aromatic hydroxyl groups is 2. The molecule has 42 heavy (non-hydrogen) atoms. The Balaban J connectivity index is 1.32. The summed E-state index contributed by atoms with van der Waals surface area (Å²) in [6.07, 6.45) is 1.55. The van der Waals surface area contributed by atoms with Gasteiger partial charge in [0.15, 0.2) is 34.0 Å². The van der Waals surface area contributed by atoms with Crippen LogP contribution in [0.15, 0.2) is 38.3 Å². The average molecular weight is 658 g/mol. The molecular formula is C22H17F2N7O7S4. The molecule has 20 heteroatoms. The number of phenols is 2. The van der Waals surface area contributed by atoms with E-state index in [1.807, 2.05) is 0 Å². The number of nitrogens with one attached hydrogen (secondary N) is 1. The van der Waals surface area contributed by atoms with Crippen LogP contribution in [0.25, 0.3) is 0 Å². The fourth-order valence-electron chi connectivity index (χ4n) is 3.91. The van der Waals surface area contributed by atoms with Crippen LogP contribution >= 0.6 is 46.4 Å². The number of carboxylic acids is 1. The number of nitrogen functional groups attached to an aromatic ring is 1. The predicted molar refractivity (Wildman–Crippen MR) is 148 cm³/mol. The van der Waals surface area contributed by atoms with Gasteiger partial charge in [0.05, 0.1) is 6.20 Å². The summed E-state index contributed by atoms with van der Waals surface area (Å²) in [5.74, 6) is -7.55. The normalized spacial score (nSPS) is 18.5. The van der Waals surface area contributed by atoms with Crippen molar-refractivity contribution >= 4 is 75.0 Å². The zero-order valence-electron chi connectivity index (χ0n) is 20.7. The minimum atomic E-state index is -1.36. The van der Waals surface area contributed by atoms with Crippen molar-refractivity contribution in [2.75, 3.05) is 17.2 Å². The van der Waals surface area contributed by atoms with Crippen molar-refractivity contribution in [3.63, 3.8) is 0 Å². The van der Waals surface area contributed by atoms with Crippen LogP contribution in [0.5, 0.6) is 11.5 Å². The molecule has 1 saturated heterocycles. The molecule has 4 heterocycles. The number of thiazole rings is 1. The van der Waals surface area contributed by atoms with E-state index in [0.29, 0.717) is 17.4 Å². The van der Waals surface area contributed by atoms with Gasteiger partial charge < -0.3 is 31.2 Å². The molecule has 2 aliphatic heterocycles. The second kappa shape index (κ2) is 12.1. The molecule has 2 amide bonds. The van der Waals surface area contributed by atoms with E-state index in [4.69, 9.17) is 10.6 Å². The molecule has 0 saturated carbocycles. The van der Waals surface area contributed by atoms with Gasteiger partial charge in [-0.05, 0) is 23.2 Å². The number of β-lactam (4-membered cyclic amide) rings is 1. The number of carbonyl (C=O) groups excluding carboxylic acids is 2. The molecule has 0 aliphatic carbocycles. The smallest absolute Gasteiger partial charge is 0.352 e. The summed E-state index contributed by atoms with van der Waals surface area (Å²) in [4.78, 5) is 48.5. The monoisotopic (exact) mass is 657 g/mol. The van der Waals surface area contributed by atoms with Crippen LogP contribution in [0.3, 0.4) is 0 Å². The van der Waals surface area contributed by atoms with E-state index in [2.05, 4.69) is 25.0 Å². The van der Waals surface area contributed by atoms with E-state index < -0.39 is 70.2 Å². The lowest BCUT2D eigenvalue weighted by atomic mass is 10.0. The lowest BCUT2D eigenvalue weighted by Gasteiger charge is -2.49. The molecule has 0 bridgehead atoms. The largest absolute Gasteiger partial charge is 0.502 e. The van der Waals surface area contributed by atoms with Gasteiger partial charge in [0.1, 0.15) is 33.6 Å². The number of amides is 2. The molecule has 3 aromatic rings. The average Bonchev–Trinajstić information content (AvgIpc) is 3.65. The number of nitrogens with two attached hydrogens (primary N) is 1. The maximum atomic E-state index is 14.2. The zero-order valence-corrected chi connectivity index (χ0v) is 24.0. The Morgan fingerprint density at radius 3 is 2.76 bits per heavy atom. The highest BCUT2D eigenvalue weighted by atomic mass is 32.2. The number of thioether (sulfide) groups is 2. The van der Waals surface area contributed by atoms with Gasteiger partial charge in [-0.15, -0.1) is 40.0 Å². The van der Waals surface area contributed by atoms with E-state index in [0.717, 1.165) is 32.0 Å². The predicted octanol–water partition coefficient (Wildman–Crippen LogP) is 1.72. The SMILES string of the molecule is Nc1nc(/C(=N/OCc2cc(F)c(O)c(O)c2F)C(=O)NC2C(=O)N3C(C(=O)O)=C(CSc4cnns4)CS[C@@H]23)cs1. The van der Waals surface area contributed by atoms with Crippen LogP contribution in [0.1, 0.15) is 11.3 Å². The summed E-state index contributed by atoms with van der Waals surface area (Å²) < 4.78 is 32.5. The van der Waals surface area contributed by atoms with Crippen LogP contribution < -0.4 is 11.1 Å². The first-order valence-corrected chi connectivity index (χ1v) is 15.2. The van der Waals surface area contributed by atoms with Gasteiger partial charge in [0.2, 0.25) is 0 Å². The second-order valence-electron chi connectivity index (χ2n) is 8.46. The van der Waals surface area contributed by atoms with E-state index >= 15 is 0 Å². The lowest BCUT2D eigenvalue weighted by Crippen LogP contribution is -2.71. The van der Waals surface area contributed by atoms with E-state index in [-0.39, 0.29) is 22.3 Å². The Kier molecular flexibility index (Phi) is 8.48. The van der Waals surface area contributed by atoms with Gasteiger partial charge in [0.25, 0.3) is 11.8 Å². The van der Waals surface area contributed by atoms with Crippen molar-refractivity contribution in [3.8, 4) is 11.5 Å². The first-order chi connectivity index (χ1) is 20.1. The van der Waals surface area contributed by atoms with E-state index in [1.165, 1.54) is 28.9 Å². The number of nitrogens with zero attached hydrogens (tertiary/aromatic N) is 5. The number of carboxylic acid groups (broad SMARTS) is 1. The molecular weight excluding hydrogens is 641 g/mol. The third-order valence-electron chi connectivity index (χ3n) is 5.86. The molecule has 0 spiro atoms. The molecule has 2 aromatic heterocycles. The van der Waals surface area contributed by atoms with Crippen molar-refractivity contribution in [3.05, 3.63) is 51.8 Å². The Morgan fingerprint density at radius 1 is 1.31 bits per heavy atom. The first-order valence-electron chi connectivity index (χ1n) is 11.5. The number of phenolic OH excluding ortho intramolecular Hbond substituents is 2. The number of aliphatic carboxylic acids is 1. The quantitative estimate of drug-likeness (QED) is 0.0692. The number of carbonyl (C=O) groups is 3. The van der Waals surface area contributed by atoms with Gasteiger partial charge in [0, 0.05) is 22.4 Å². The fourth-order valence-corrected chi connectivity index (χ4v) is 7.37. The first kappa shape index (κ1) is 29.5. The Labute approximate surface area is 250 Å². The van der Waals surface area contributed by atoms with Crippen LogP contribution in [-0.4, -0.2) is 81.2 Å². The number of hydrogen-bond acceptors (Lipinski definition) is 15. The number of hydrogen-bond donors (Lipinski definition) is 5. The third kappa shape index (κ3) is 5.69. The van der Waals surface area contributed by atoms with Crippen molar-refractivity contribution in [2.45, 2.75) is 22.2 Å². The molecule has 2 aliphatic rings. The van der Waals surface area contributed by atoms with E-state index in [9.17, 15) is 38.5 Å². The van der Waals surface area contributed by atoms with Crippen LogP contribution in [0.4, 0.5) is 13.9 Å². The maximum absolute atomic E-state index is 14.2. The molecule has 0 radical (unpaired) electrons. The van der Waals surface area contributed by atoms with Crippen LogP contribution in [0.2, 0.25) is 0 Å². The van der Waals surface area contributed by atoms with Crippen LogP contribution in [-0.2, 0) is 25.8 Å². The highest BCUT2D eigenvalue weighted by Crippen LogP contribution is 2.42. The van der Waals surface area contributed by atoms with E-state index in [1.54, 1.807) is 6.20 Å². The Bertz CT molecular complexity index is 1630. The topological polar surface area (TPSA) is 213 Å². The third-order valence-corrected chi connectivity index (χ3v) is 9.80. The molecule has 5 rings (SSSR count). The van der Waals surface area contributed by atoms with Gasteiger partial charge in [-0.2, -0.15) is 0 Å². The summed E-state index contributed by atoms with van der Waals surface area (Å²) in [7, 11) is 0. The second-order valence-corrected chi connectivity index (χ2v) is 12.5.